The van der Waals surface area contributed by atoms with E-state index in [1.807, 2.05) is 7.05 Å². The monoisotopic (exact) mass is 245 g/mol. The molecule has 1 amide bonds. The number of ether oxygens (including phenoxy) is 1. The van der Waals surface area contributed by atoms with Crippen LogP contribution in [0.3, 0.4) is 0 Å². The van der Waals surface area contributed by atoms with Gasteiger partial charge in [0.15, 0.2) is 6.54 Å². The van der Waals surface area contributed by atoms with Crippen LogP contribution in [0.1, 0.15) is 5.56 Å². The lowest BCUT2D eigenvalue weighted by Gasteiger charge is -2.12. The van der Waals surface area contributed by atoms with Crippen LogP contribution in [-0.2, 0) is 11.3 Å². The minimum Gasteiger partial charge on any atom is -0.435 e. The van der Waals surface area contributed by atoms with Crippen molar-refractivity contribution in [2.75, 3.05) is 13.6 Å². The van der Waals surface area contributed by atoms with Gasteiger partial charge in [-0.05, 0) is 24.3 Å². The molecule has 6 heteroatoms. The molecule has 0 fully saturated rings. The zero-order chi connectivity index (χ0) is 12.8. The normalized spacial score (nSPS) is 12.5. The maximum atomic E-state index is 11.9. The second-order valence-electron chi connectivity index (χ2n) is 3.80. The summed E-state index contributed by atoms with van der Waals surface area (Å²) in [5.41, 5.74) is 5.98. The molecule has 0 heterocycles. The first kappa shape index (κ1) is 13.4. The van der Waals surface area contributed by atoms with Gasteiger partial charge in [0, 0.05) is 5.56 Å². The molecule has 0 aliphatic carbocycles. The highest BCUT2D eigenvalue weighted by Crippen LogP contribution is 2.14. The molecule has 0 aliphatic heterocycles. The number of quaternary nitrogens is 1. The van der Waals surface area contributed by atoms with Gasteiger partial charge in [0.05, 0.1) is 7.05 Å². The molecule has 3 N–H and O–H groups in total. The Labute approximate surface area is 98.0 Å². The van der Waals surface area contributed by atoms with Crippen molar-refractivity contribution in [3.63, 3.8) is 0 Å². The van der Waals surface area contributed by atoms with Gasteiger partial charge in [-0.25, -0.2) is 0 Å². The van der Waals surface area contributed by atoms with Crippen LogP contribution in [0.5, 0.6) is 5.75 Å². The van der Waals surface area contributed by atoms with E-state index in [2.05, 4.69) is 4.74 Å². The number of carbonyl (C=O) groups excluding carboxylic acids is 1. The number of rotatable bonds is 6. The van der Waals surface area contributed by atoms with Crippen LogP contribution in [0.15, 0.2) is 24.3 Å². The SMILES string of the molecule is C[NH+](CC(N)=O)Cc1ccc(OC(F)F)cc1. The number of carbonyl (C=O) groups is 1. The van der Waals surface area contributed by atoms with Crippen LogP contribution in [0.2, 0.25) is 0 Å². The Balaban J connectivity index is 2.53. The molecule has 0 saturated carbocycles. The molecule has 1 atom stereocenters. The van der Waals surface area contributed by atoms with Gasteiger partial charge in [-0.15, -0.1) is 0 Å². The van der Waals surface area contributed by atoms with Gasteiger partial charge in [-0.3, -0.25) is 4.79 Å². The second-order valence-corrected chi connectivity index (χ2v) is 3.80. The van der Waals surface area contributed by atoms with Crippen LogP contribution in [-0.4, -0.2) is 26.1 Å². The van der Waals surface area contributed by atoms with Crippen LogP contribution < -0.4 is 15.4 Å². The van der Waals surface area contributed by atoms with E-state index in [0.29, 0.717) is 6.54 Å². The third kappa shape index (κ3) is 5.26. The Bertz CT molecular complexity index is 368. The number of alkyl halides is 2. The highest BCUT2D eigenvalue weighted by atomic mass is 19.3. The van der Waals surface area contributed by atoms with Crippen molar-refractivity contribution in [3.05, 3.63) is 29.8 Å². The van der Waals surface area contributed by atoms with Gasteiger partial charge >= 0.3 is 6.61 Å². The number of nitrogens with two attached hydrogens (primary N) is 1. The number of hydrogen-bond acceptors (Lipinski definition) is 2. The van der Waals surface area contributed by atoms with E-state index in [1.165, 1.54) is 12.1 Å². The zero-order valence-corrected chi connectivity index (χ0v) is 9.45. The fourth-order valence-electron chi connectivity index (χ4n) is 1.50. The molecule has 0 spiro atoms. The highest BCUT2D eigenvalue weighted by Gasteiger charge is 2.08. The molecule has 1 aromatic carbocycles. The van der Waals surface area contributed by atoms with E-state index < -0.39 is 6.61 Å². The van der Waals surface area contributed by atoms with Gasteiger partial charge in [0.2, 0.25) is 0 Å². The summed E-state index contributed by atoms with van der Waals surface area (Å²) in [5, 5.41) is 0. The molecule has 17 heavy (non-hydrogen) atoms. The average molecular weight is 245 g/mol. The molecular formula is C11H15F2N2O2+. The number of benzene rings is 1. The molecule has 4 nitrogen and oxygen atoms in total. The average Bonchev–Trinajstić information content (AvgIpc) is 2.18. The van der Waals surface area contributed by atoms with Crippen LogP contribution in [0.4, 0.5) is 8.78 Å². The van der Waals surface area contributed by atoms with Crippen molar-refractivity contribution < 1.29 is 23.2 Å². The Kier molecular flexibility index (Phi) is 4.84. The summed E-state index contributed by atoms with van der Waals surface area (Å²) in [6, 6.07) is 6.31. The summed E-state index contributed by atoms with van der Waals surface area (Å²) in [5.74, 6) is -0.253. The molecule has 0 aromatic heterocycles. The van der Waals surface area contributed by atoms with Crippen LogP contribution in [0, 0.1) is 0 Å². The van der Waals surface area contributed by atoms with E-state index in [0.717, 1.165) is 10.5 Å². The molecule has 1 aromatic rings. The van der Waals surface area contributed by atoms with Crippen molar-refractivity contribution in [2.24, 2.45) is 5.73 Å². The Hall–Kier alpha value is -1.69. The first-order chi connectivity index (χ1) is 7.97. The summed E-state index contributed by atoms with van der Waals surface area (Å²) < 4.78 is 28.0. The standard InChI is InChI=1S/C11H14F2N2O2/c1-15(7-10(14)16)6-8-2-4-9(5-3-8)17-11(12)13/h2-5,11H,6-7H2,1H3,(H2,14,16)/p+1. The number of primary amides is 1. The molecule has 94 valence electrons. The summed E-state index contributed by atoms with van der Waals surface area (Å²) in [6.07, 6.45) is 0. The van der Waals surface area contributed by atoms with Crippen LogP contribution in [0.25, 0.3) is 0 Å². The number of nitrogens with one attached hydrogen (secondary N) is 1. The third-order valence-electron chi connectivity index (χ3n) is 2.13. The highest BCUT2D eigenvalue weighted by molar-refractivity contribution is 5.74. The predicted molar refractivity (Wildman–Crippen MR) is 57.7 cm³/mol. The summed E-state index contributed by atoms with van der Waals surface area (Å²) in [6.45, 7) is -1.99. The second kappa shape index (κ2) is 6.15. The van der Waals surface area contributed by atoms with Crippen molar-refractivity contribution >= 4 is 5.91 Å². The molecule has 0 radical (unpaired) electrons. The van der Waals surface area contributed by atoms with E-state index >= 15 is 0 Å². The van der Waals surface area contributed by atoms with E-state index in [-0.39, 0.29) is 18.2 Å². The summed E-state index contributed by atoms with van der Waals surface area (Å²) in [4.78, 5) is 11.6. The van der Waals surface area contributed by atoms with E-state index in [9.17, 15) is 13.6 Å². The van der Waals surface area contributed by atoms with Gasteiger partial charge < -0.3 is 15.4 Å². The number of halogens is 2. The molecule has 0 saturated heterocycles. The molecule has 1 rings (SSSR count). The predicted octanol–water partition coefficient (Wildman–Crippen LogP) is -0.212. The molecular weight excluding hydrogens is 230 g/mol. The quantitative estimate of drug-likeness (QED) is 0.728. The van der Waals surface area contributed by atoms with Gasteiger partial charge in [-0.2, -0.15) is 8.78 Å². The smallest absolute Gasteiger partial charge is 0.387 e. The van der Waals surface area contributed by atoms with Crippen molar-refractivity contribution in [3.8, 4) is 5.75 Å². The lowest BCUT2D eigenvalue weighted by atomic mass is 10.2. The largest absolute Gasteiger partial charge is 0.435 e. The number of amides is 1. The minimum atomic E-state index is -2.82. The maximum Gasteiger partial charge on any atom is 0.387 e. The molecule has 0 bridgehead atoms. The third-order valence-corrected chi connectivity index (χ3v) is 2.13. The minimum absolute atomic E-state index is 0.122. The fourth-order valence-corrected chi connectivity index (χ4v) is 1.50. The van der Waals surface area contributed by atoms with Crippen molar-refractivity contribution in [2.45, 2.75) is 13.2 Å². The summed E-state index contributed by atoms with van der Waals surface area (Å²) in [7, 11) is 1.83. The maximum absolute atomic E-state index is 11.9. The Morgan fingerprint density at radius 3 is 2.47 bits per heavy atom. The van der Waals surface area contributed by atoms with Crippen molar-refractivity contribution in [1.82, 2.24) is 0 Å². The Morgan fingerprint density at radius 1 is 1.41 bits per heavy atom. The Morgan fingerprint density at radius 2 is 2.00 bits per heavy atom. The molecule has 0 aliphatic rings. The van der Waals surface area contributed by atoms with Gasteiger partial charge in [0.1, 0.15) is 12.3 Å². The zero-order valence-electron chi connectivity index (χ0n) is 9.45. The van der Waals surface area contributed by atoms with Crippen LogP contribution >= 0.6 is 0 Å². The number of likely N-dealkylation sites (N-methyl/N-ethyl adjacent to an activating group) is 1. The van der Waals surface area contributed by atoms with E-state index in [1.54, 1.807) is 12.1 Å². The first-order valence-electron chi connectivity index (χ1n) is 5.10. The first-order valence-corrected chi connectivity index (χ1v) is 5.10. The lowest BCUT2D eigenvalue weighted by Crippen LogP contribution is -3.08. The van der Waals surface area contributed by atoms with E-state index in [4.69, 9.17) is 5.73 Å². The summed E-state index contributed by atoms with van der Waals surface area (Å²) >= 11 is 0. The topological polar surface area (TPSA) is 56.8 Å². The molecule has 1 unspecified atom stereocenters. The van der Waals surface area contributed by atoms with Crippen molar-refractivity contribution in [1.29, 1.82) is 0 Å². The van der Waals surface area contributed by atoms with Gasteiger partial charge in [-0.1, -0.05) is 0 Å². The fraction of sp³-hybridized carbons (Fsp3) is 0.364. The number of hydrogen-bond donors (Lipinski definition) is 2. The lowest BCUT2D eigenvalue weighted by molar-refractivity contribution is -0.885. The van der Waals surface area contributed by atoms with Gasteiger partial charge in [0.25, 0.3) is 5.91 Å².